The fraction of sp³-hybridized carbons (Fsp3) is 0.568. The van der Waals surface area contributed by atoms with Gasteiger partial charge in [-0.2, -0.15) is 0 Å². The first kappa shape index (κ1) is 38.3. The third-order valence-corrected chi connectivity index (χ3v) is 6.81. The lowest BCUT2D eigenvalue weighted by atomic mass is 9.92. The van der Waals surface area contributed by atoms with E-state index in [9.17, 15) is 19.2 Å². The molecule has 2 aromatic carbocycles. The average Bonchev–Trinajstić information content (AvgIpc) is 2.88. The molecule has 0 heterocycles. The topological polar surface area (TPSA) is 114 Å². The van der Waals surface area contributed by atoms with Gasteiger partial charge in [-0.3, -0.25) is 9.59 Å². The second kappa shape index (κ2) is 15.6. The van der Waals surface area contributed by atoms with E-state index in [0.717, 1.165) is 11.1 Å². The highest BCUT2D eigenvalue weighted by Crippen LogP contribution is 2.32. The smallest absolute Gasteiger partial charge is 0.408 e. The molecule has 0 fully saturated rings. The summed E-state index contributed by atoms with van der Waals surface area (Å²) in [6, 6.07) is 13.6. The third kappa shape index (κ3) is 12.5. The normalized spacial score (nSPS) is 14.1. The summed E-state index contributed by atoms with van der Waals surface area (Å²) >= 11 is 0. The number of ether oxygens (including phenoxy) is 2. The van der Waals surface area contributed by atoms with Crippen LogP contribution in [0.2, 0.25) is 0 Å². The Hall–Kier alpha value is -3.88. The van der Waals surface area contributed by atoms with Crippen LogP contribution in [0.4, 0.5) is 4.79 Å². The molecule has 0 aliphatic carbocycles. The lowest BCUT2D eigenvalue weighted by molar-refractivity contribution is -0.159. The Morgan fingerprint density at radius 2 is 1.35 bits per heavy atom. The van der Waals surface area contributed by atoms with Crippen LogP contribution in [0.3, 0.4) is 0 Å². The Morgan fingerprint density at radius 3 is 1.85 bits per heavy atom. The summed E-state index contributed by atoms with van der Waals surface area (Å²) in [5, 5.41) is 5.72. The molecule has 9 heteroatoms. The highest BCUT2D eigenvalue weighted by atomic mass is 16.6. The van der Waals surface area contributed by atoms with Crippen molar-refractivity contribution in [2.75, 3.05) is 0 Å². The third-order valence-electron chi connectivity index (χ3n) is 6.81. The lowest BCUT2D eigenvalue weighted by Gasteiger charge is -2.43. The van der Waals surface area contributed by atoms with E-state index in [2.05, 4.69) is 10.6 Å². The summed E-state index contributed by atoms with van der Waals surface area (Å²) in [6.07, 6.45) is -0.201. The SMILES string of the molecule is Cc1cccc(C(C(=O)NC(Cc2ccccc2)C(=O)OC(C)(C)C)N(C(=O)C(CC(C)C)NC(=O)OC(C)(C)C)C(C)(C)C)c1. The summed E-state index contributed by atoms with van der Waals surface area (Å²) in [6.45, 7) is 21.9. The predicted octanol–water partition coefficient (Wildman–Crippen LogP) is 6.67. The van der Waals surface area contributed by atoms with Crippen LogP contribution in [0.1, 0.15) is 105 Å². The van der Waals surface area contributed by atoms with E-state index >= 15 is 0 Å². The number of nitrogens with zero attached hydrogens (tertiary/aromatic N) is 1. The zero-order valence-electron chi connectivity index (χ0n) is 29.8. The highest BCUT2D eigenvalue weighted by Gasteiger charge is 2.43. The van der Waals surface area contributed by atoms with E-state index in [1.165, 1.54) is 4.90 Å². The van der Waals surface area contributed by atoms with E-state index in [1.807, 2.05) is 90.1 Å². The zero-order chi connectivity index (χ0) is 35.0. The van der Waals surface area contributed by atoms with Crippen LogP contribution in [-0.4, -0.2) is 57.6 Å². The number of alkyl carbamates (subject to hydrolysis) is 1. The number of nitrogens with one attached hydrogen (secondary N) is 2. The number of hydrogen-bond donors (Lipinski definition) is 2. The van der Waals surface area contributed by atoms with Gasteiger partial charge in [0.05, 0.1) is 0 Å². The second-order valence-corrected chi connectivity index (χ2v) is 15.3. The molecule has 2 rings (SSSR count). The fourth-order valence-corrected chi connectivity index (χ4v) is 5.08. The minimum absolute atomic E-state index is 0.0411. The number of rotatable bonds is 11. The molecule has 0 aliphatic rings. The van der Waals surface area contributed by atoms with Gasteiger partial charge in [0.2, 0.25) is 11.8 Å². The molecular weight excluding hydrogens is 582 g/mol. The Balaban J connectivity index is 2.65. The Kier molecular flexibility index (Phi) is 13.0. The van der Waals surface area contributed by atoms with Crippen molar-refractivity contribution in [1.82, 2.24) is 15.5 Å². The highest BCUT2D eigenvalue weighted by molar-refractivity contribution is 5.94. The van der Waals surface area contributed by atoms with E-state index in [4.69, 9.17) is 9.47 Å². The van der Waals surface area contributed by atoms with Gasteiger partial charge in [0, 0.05) is 12.0 Å². The number of benzene rings is 2. The molecule has 2 N–H and O–H groups in total. The van der Waals surface area contributed by atoms with Gasteiger partial charge in [0.1, 0.15) is 29.3 Å². The first-order chi connectivity index (χ1) is 21.1. The molecule has 0 radical (unpaired) electrons. The van der Waals surface area contributed by atoms with Gasteiger partial charge < -0.3 is 25.0 Å². The maximum atomic E-state index is 14.6. The van der Waals surface area contributed by atoms with Crippen LogP contribution in [0, 0.1) is 12.8 Å². The monoisotopic (exact) mass is 637 g/mol. The van der Waals surface area contributed by atoms with Gasteiger partial charge in [-0.25, -0.2) is 9.59 Å². The van der Waals surface area contributed by atoms with Crippen molar-refractivity contribution < 1.29 is 28.7 Å². The molecule has 46 heavy (non-hydrogen) atoms. The molecule has 0 bridgehead atoms. The number of carbonyl (C=O) groups is 4. The number of esters is 1. The molecule has 0 saturated carbocycles. The van der Waals surface area contributed by atoms with Gasteiger partial charge in [-0.1, -0.05) is 74.0 Å². The van der Waals surface area contributed by atoms with Gasteiger partial charge in [0.25, 0.3) is 0 Å². The molecule has 2 aromatic rings. The maximum absolute atomic E-state index is 14.6. The molecule has 3 unspecified atom stereocenters. The summed E-state index contributed by atoms with van der Waals surface area (Å²) in [4.78, 5) is 57.1. The van der Waals surface area contributed by atoms with Crippen LogP contribution in [0.25, 0.3) is 0 Å². The molecule has 9 nitrogen and oxygen atoms in total. The minimum Gasteiger partial charge on any atom is -0.458 e. The van der Waals surface area contributed by atoms with Crippen molar-refractivity contribution in [3.05, 3.63) is 71.3 Å². The summed E-state index contributed by atoms with van der Waals surface area (Å²) in [5.41, 5.74) is -0.114. The summed E-state index contributed by atoms with van der Waals surface area (Å²) in [5.74, 6) is -1.52. The number of carbonyl (C=O) groups excluding carboxylic acids is 4. The van der Waals surface area contributed by atoms with Crippen molar-refractivity contribution in [3.63, 3.8) is 0 Å². The van der Waals surface area contributed by atoms with Gasteiger partial charge in [0.15, 0.2) is 0 Å². The van der Waals surface area contributed by atoms with Crippen molar-refractivity contribution in [2.24, 2.45) is 5.92 Å². The molecule has 3 amide bonds. The zero-order valence-corrected chi connectivity index (χ0v) is 29.8. The lowest BCUT2D eigenvalue weighted by Crippen LogP contribution is -2.60. The standard InChI is InChI=1S/C37H55N3O6/c1-24(2)21-28(39-34(44)46-37(10,11)12)32(42)40(35(4,5)6)30(27-20-16-17-25(3)22-27)31(41)38-29(33(43)45-36(7,8)9)23-26-18-14-13-15-19-26/h13-20,22,24,28-30H,21,23H2,1-12H3,(H,38,41)(H,39,44). The van der Waals surface area contributed by atoms with Crippen LogP contribution < -0.4 is 10.6 Å². The number of hydrogen-bond acceptors (Lipinski definition) is 6. The first-order valence-electron chi connectivity index (χ1n) is 16.0. The van der Waals surface area contributed by atoms with E-state index in [0.29, 0.717) is 12.0 Å². The van der Waals surface area contributed by atoms with Crippen LogP contribution in [0.15, 0.2) is 54.6 Å². The van der Waals surface area contributed by atoms with Crippen molar-refractivity contribution in [2.45, 2.75) is 131 Å². The summed E-state index contributed by atoms with van der Waals surface area (Å²) in [7, 11) is 0. The molecule has 3 atom stereocenters. The van der Waals surface area contributed by atoms with Gasteiger partial charge >= 0.3 is 12.1 Å². The molecule has 0 saturated heterocycles. The first-order valence-corrected chi connectivity index (χ1v) is 16.0. The Morgan fingerprint density at radius 1 is 0.761 bits per heavy atom. The maximum Gasteiger partial charge on any atom is 0.408 e. The molecule has 0 aliphatic heterocycles. The largest absolute Gasteiger partial charge is 0.458 e. The van der Waals surface area contributed by atoms with E-state index in [1.54, 1.807) is 47.6 Å². The van der Waals surface area contributed by atoms with E-state index in [-0.39, 0.29) is 12.3 Å². The van der Waals surface area contributed by atoms with Crippen molar-refractivity contribution in [3.8, 4) is 0 Å². The van der Waals surface area contributed by atoms with Gasteiger partial charge in [-0.05, 0) is 92.7 Å². The minimum atomic E-state index is -1.14. The quantitative estimate of drug-likeness (QED) is 0.266. The molecule has 0 spiro atoms. The van der Waals surface area contributed by atoms with E-state index < -0.39 is 58.7 Å². The summed E-state index contributed by atoms with van der Waals surface area (Å²) < 4.78 is 11.2. The predicted molar refractivity (Wildman–Crippen MR) is 181 cm³/mol. The van der Waals surface area contributed by atoms with Crippen LogP contribution in [0.5, 0.6) is 0 Å². The van der Waals surface area contributed by atoms with Crippen molar-refractivity contribution >= 4 is 23.9 Å². The average molecular weight is 638 g/mol. The second-order valence-electron chi connectivity index (χ2n) is 15.3. The van der Waals surface area contributed by atoms with Gasteiger partial charge in [-0.15, -0.1) is 0 Å². The Bertz CT molecular complexity index is 1340. The Labute approximate surface area is 275 Å². The number of amides is 3. The van der Waals surface area contributed by atoms with Crippen molar-refractivity contribution in [1.29, 1.82) is 0 Å². The molecule has 254 valence electrons. The molecule has 0 aromatic heterocycles. The molecular formula is C37H55N3O6. The van der Waals surface area contributed by atoms with Crippen LogP contribution in [-0.2, 0) is 30.3 Å². The fourth-order valence-electron chi connectivity index (χ4n) is 5.08. The van der Waals surface area contributed by atoms with Crippen LogP contribution >= 0.6 is 0 Å². The number of aryl methyl sites for hydroxylation is 1.